The molecule has 2 aromatic carbocycles. The summed E-state index contributed by atoms with van der Waals surface area (Å²) in [4.78, 5) is 106. The molecule has 0 heterocycles. The molecule has 1 aliphatic carbocycles. The van der Waals surface area contributed by atoms with Crippen molar-refractivity contribution < 1.29 is 73.4 Å². The molecule has 1 saturated carbocycles. The Bertz CT molecular complexity index is 1780. The number of nitrogens with one attached hydrogen (secondary N) is 6. The molecule has 1 unspecified atom stereocenters. The maximum Gasteiger partial charge on any atom is 0.342 e. The van der Waals surface area contributed by atoms with Crippen molar-refractivity contribution >= 4 is 49.3 Å². The van der Waals surface area contributed by atoms with Gasteiger partial charge in [-0.2, -0.15) is 0 Å². The number of hydrogen-bond donors (Lipinski definition) is 13. The lowest BCUT2D eigenvalue weighted by Gasteiger charge is -2.37. The van der Waals surface area contributed by atoms with E-state index in [9.17, 15) is 73.4 Å². The number of nitrogens with zero attached hydrogens (tertiary/aromatic N) is 1. The Kier molecular flexibility index (Phi) is 21.1. The Morgan fingerprint density at radius 3 is 1.56 bits per heavy atom. The van der Waals surface area contributed by atoms with Gasteiger partial charge in [0, 0.05) is 38.4 Å². The van der Waals surface area contributed by atoms with E-state index in [1.54, 1.807) is 0 Å². The Morgan fingerprint density at radius 1 is 0.661 bits per heavy atom. The van der Waals surface area contributed by atoms with Crippen LogP contribution in [-0.2, 0) is 44.5 Å². The van der Waals surface area contributed by atoms with Gasteiger partial charge in [-0.1, -0.05) is 54.6 Å². The van der Waals surface area contributed by atoms with Crippen molar-refractivity contribution in [2.75, 3.05) is 45.8 Å². The standard InChI is InChI=1S/C39H56N7O15P/c47-32(44-17-25-8-12-28(13-9-25)38(56)45-29(39(57)58)16-24-6-10-27(11-7-24)26-4-2-1-3-5-26)14-15-33(62(59,60)61)46(22-30(40-18-34(48)49)41-19-35(50)51)23-31(42-20-36(52)53)43-21-37(54)55/h1-7,10-11,25,28-31,33,40-43H,8-9,12-23H2,(H,44,47)(H,45,56)(H,48,49)(H,50,51)(H,52,53)(H,54,55)(H,57,58)(H2,59,60,61)/t25?,28?,29-,33?/m0/s1. The van der Waals surface area contributed by atoms with Gasteiger partial charge in [-0.3, -0.25) is 59.5 Å². The van der Waals surface area contributed by atoms with Crippen LogP contribution in [0.1, 0.15) is 44.1 Å². The summed E-state index contributed by atoms with van der Waals surface area (Å²) in [6, 6.07) is 16.0. The van der Waals surface area contributed by atoms with Crippen molar-refractivity contribution in [3.8, 4) is 11.1 Å². The summed E-state index contributed by atoms with van der Waals surface area (Å²) in [7, 11) is -5.17. The number of rotatable bonds is 29. The summed E-state index contributed by atoms with van der Waals surface area (Å²) in [6.45, 7) is -3.63. The second kappa shape index (κ2) is 25.6. The second-order valence-corrected chi connectivity index (χ2v) is 16.7. The first-order valence-corrected chi connectivity index (χ1v) is 21.5. The summed E-state index contributed by atoms with van der Waals surface area (Å²) in [5.41, 5.74) is 2.73. The quantitative estimate of drug-likeness (QED) is 0.0355. The highest BCUT2D eigenvalue weighted by atomic mass is 31.2. The van der Waals surface area contributed by atoms with Gasteiger partial charge in [0.1, 0.15) is 11.8 Å². The summed E-state index contributed by atoms with van der Waals surface area (Å²) in [6.07, 6.45) is -1.37. The van der Waals surface area contributed by atoms with E-state index in [-0.39, 0.29) is 24.8 Å². The lowest BCUT2D eigenvalue weighted by molar-refractivity contribution is -0.142. The van der Waals surface area contributed by atoms with Crippen molar-refractivity contribution in [2.45, 2.75) is 69.1 Å². The lowest BCUT2D eigenvalue weighted by atomic mass is 9.81. The summed E-state index contributed by atoms with van der Waals surface area (Å²) < 4.78 is 13.0. The van der Waals surface area contributed by atoms with Gasteiger partial charge in [0.2, 0.25) is 11.8 Å². The molecular formula is C39H56N7O15P. The van der Waals surface area contributed by atoms with E-state index >= 15 is 0 Å². The minimum atomic E-state index is -5.17. The van der Waals surface area contributed by atoms with Crippen LogP contribution in [0.2, 0.25) is 0 Å². The molecule has 13 N–H and O–H groups in total. The molecule has 2 amide bonds. The molecule has 342 valence electrons. The fraction of sp³-hybridized carbons (Fsp3) is 0.513. The van der Waals surface area contributed by atoms with Crippen molar-refractivity contribution in [1.82, 2.24) is 36.8 Å². The minimum absolute atomic E-state index is 0.0572. The third-order valence-electron chi connectivity index (χ3n) is 10.2. The maximum absolute atomic E-state index is 13.2. The SMILES string of the molecule is O=C(O)CNC(CN(CC(NCC(=O)O)NCC(=O)O)C(CCC(=O)NCC1CCC(C(=O)N[C@@H](Cc2ccc(-c3ccccc3)cc2)C(=O)O)CC1)P(=O)(O)O)NCC(=O)O. The van der Waals surface area contributed by atoms with Crippen LogP contribution in [-0.4, -0.2) is 152 Å². The van der Waals surface area contributed by atoms with Crippen LogP contribution in [0, 0.1) is 11.8 Å². The van der Waals surface area contributed by atoms with Gasteiger partial charge in [0.25, 0.3) is 0 Å². The zero-order valence-electron chi connectivity index (χ0n) is 33.9. The molecule has 0 aromatic heterocycles. The van der Waals surface area contributed by atoms with Gasteiger partial charge in [0.05, 0.1) is 38.5 Å². The number of benzene rings is 2. The number of amides is 2. The first kappa shape index (κ1) is 51.0. The van der Waals surface area contributed by atoms with Crippen LogP contribution in [0.25, 0.3) is 11.1 Å². The number of carboxylic acid groups (broad SMARTS) is 5. The predicted octanol–water partition coefficient (Wildman–Crippen LogP) is -0.677. The Labute approximate surface area is 357 Å². The molecule has 23 heteroatoms. The van der Waals surface area contributed by atoms with Gasteiger partial charge < -0.3 is 46.0 Å². The van der Waals surface area contributed by atoms with Gasteiger partial charge in [0.15, 0.2) is 0 Å². The van der Waals surface area contributed by atoms with Crippen LogP contribution in [0.3, 0.4) is 0 Å². The molecule has 0 aliphatic heterocycles. The van der Waals surface area contributed by atoms with E-state index in [2.05, 4.69) is 31.9 Å². The van der Waals surface area contributed by atoms with E-state index in [1.807, 2.05) is 54.6 Å². The number of aliphatic carboxylic acids is 5. The summed E-state index contributed by atoms with van der Waals surface area (Å²) in [5, 5.41) is 62.2. The number of carbonyl (C=O) groups is 7. The summed E-state index contributed by atoms with van der Waals surface area (Å²) >= 11 is 0. The molecule has 1 fully saturated rings. The summed E-state index contributed by atoms with van der Waals surface area (Å²) in [5.74, 6) is -9.78. The van der Waals surface area contributed by atoms with Crippen LogP contribution >= 0.6 is 7.60 Å². The van der Waals surface area contributed by atoms with Crippen LogP contribution in [0.15, 0.2) is 54.6 Å². The number of carboxylic acids is 5. The lowest BCUT2D eigenvalue weighted by Crippen LogP contribution is -2.59. The highest BCUT2D eigenvalue weighted by Crippen LogP contribution is 2.45. The second-order valence-electron chi connectivity index (χ2n) is 15.0. The predicted molar refractivity (Wildman–Crippen MR) is 220 cm³/mol. The Morgan fingerprint density at radius 2 is 1.13 bits per heavy atom. The molecule has 2 aromatic rings. The zero-order valence-corrected chi connectivity index (χ0v) is 34.7. The highest BCUT2D eigenvalue weighted by Gasteiger charge is 2.37. The first-order chi connectivity index (χ1) is 29.3. The van der Waals surface area contributed by atoms with Crippen LogP contribution in [0.4, 0.5) is 0 Å². The van der Waals surface area contributed by atoms with Crippen molar-refractivity contribution in [3.63, 3.8) is 0 Å². The Hall–Kier alpha value is -5.32. The molecule has 1 aliphatic rings. The monoisotopic (exact) mass is 893 g/mol. The van der Waals surface area contributed by atoms with Crippen LogP contribution < -0.4 is 31.9 Å². The molecule has 0 spiro atoms. The normalized spacial score (nSPS) is 16.4. The van der Waals surface area contributed by atoms with Crippen LogP contribution in [0.5, 0.6) is 0 Å². The van der Waals surface area contributed by atoms with Crippen molar-refractivity contribution in [3.05, 3.63) is 60.2 Å². The molecule has 2 atom stereocenters. The first-order valence-electron chi connectivity index (χ1n) is 19.8. The van der Waals surface area contributed by atoms with Crippen molar-refractivity contribution in [2.24, 2.45) is 11.8 Å². The van der Waals surface area contributed by atoms with E-state index in [4.69, 9.17) is 0 Å². The Balaban J connectivity index is 1.61. The molecule has 3 rings (SSSR count). The van der Waals surface area contributed by atoms with E-state index in [0.717, 1.165) is 21.6 Å². The third kappa shape index (κ3) is 19.2. The molecule has 0 bridgehead atoms. The van der Waals surface area contributed by atoms with Gasteiger partial charge in [-0.05, 0) is 54.7 Å². The van der Waals surface area contributed by atoms with E-state index in [0.29, 0.717) is 25.7 Å². The minimum Gasteiger partial charge on any atom is -0.480 e. The largest absolute Gasteiger partial charge is 0.480 e. The van der Waals surface area contributed by atoms with E-state index in [1.165, 1.54) is 0 Å². The molecule has 22 nitrogen and oxygen atoms in total. The fourth-order valence-corrected chi connectivity index (χ4v) is 8.10. The van der Waals surface area contributed by atoms with Gasteiger partial charge >= 0.3 is 37.4 Å². The van der Waals surface area contributed by atoms with Gasteiger partial charge in [-0.25, -0.2) is 4.79 Å². The highest BCUT2D eigenvalue weighted by molar-refractivity contribution is 7.52. The van der Waals surface area contributed by atoms with E-state index < -0.39 is 126 Å². The van der Waals surface area contributed by atoms with Gasteiger partial charge in [-0.15, -0.1) is 0 Å². The topological polar surface area (TPSA) is 354 Å². The molecule has 0 radical (unpaired) electrons. The molecular weight excluding hydrogens is 837 g/mol. The fourth-order valence-electron chi connectivity index (χ4n) is 7.02. The number of hydrogen-bond acceptors (Lipinski definition) is 13. The smallest absolute Gasteiger partial charge is 0.342 e. The van der Waals surface area contributed by atoms with Crippen molar-refractivity contribution in [1.29, 1.82) is 0 Å². The molecule has 0 saturated heterocycles. The zero-order chi connectivity index (χ0) is 45.8. The third-order valence-corrected chi connectivity index (χ3v) is 11.6. The number of carbonyl (C=O) groups excluding carboxylic acids is 2. The molecule has 62 heavy (non-hydrogen) atoms. The maximum atomic E-state index is 13.2. The average Bonchev–Trinajstić information content (AvgIpc) is 3.21. The average molecular weight is 894 g/mol.